The van der Waals surface area contributed by atoms with Gasteiger partial charge in [0.25, 0.3) is 0 Å². The lowest BCUT2D eigenvalue weighted by atomic mass is 9.85. The highest BCUT2D eigenvalue weighted by atomic mass is 19.4. The number of nitrogens with zero attached hydrogens (tertiary/aromatic N) is 1. The molecule has 0 aromatic heterocycles. The molecule has 1 saturated carbocycles. The van der Waals surface area contributed by atoms with Gasteiger partial charge in [-0.2, -0.15) is 13.2 Å². The number of halogens is 3. The standard InChI is InChI=1S/C17H21F3N2O3/c1-22(14-8-6-13(7-9-14)17(18,19)20)16(25)21-10-11-2-4-12(5-3-11)15(23)24/h2-5,13-14H,6-10H2,1H3,(H,21,25)(H,23,24). The molecule has 1 aliphatic carbocycles. The molecule has 0 atom stereocenters. The molecule has 0 bridgehead atoms. The van der Waals surface area contributed by atoms with Gasteiger partial charge in [0.15, 0.2) is 0 Å². The average molecular weight is 358 g/mol. The highest BCUT2D eigenvalue weighted by molar-refractivity contribution is 5.87. The van der Waals surface area contributed by atoms with Crippen LogP contribution in [0.5, 0.6) is 0 Å². The predicted octanol–water partition coefficient (Wildman–Crippen LogP) is 3.65. The fourth-order valence-electron chi connectivity index (χ4n) is 3.02. The van der Waals surface area contributed by atoms with Crippen LogP contribution in [0.15, 0.2) is 24.3 Å². The number of aromatic carboxylic acids is 1. The van der Waals surface area contributed by atoms with Crippen molar-refractivity contribution in [2.45, 2.75) is 44.4 Å². The minimum absolute atomic E-state index is 0.0441. The summed E-state index contributed by atoms with van der Waals surface area (Å²) in [6.07, 6.45) is -3.40. The molecule has 0 heterocycles. The fourth-order valence-corrected chi connectivity index (χ4v) is 3.02. The maximum atomic E-state index is 12.7. The van der Waals surface area contributed by atoms with Gasteiger partial charge in [0.05, 0.1) is 11.5 Å². The zero-order chi connectivity index (χ0) is 18.6. The summed E-state index contributed by atoms with van der Waals surface area (Å²) >= 11 is 0. The molecule has 0 saturated heterocycles. The van der Waals surface area contributed by atoms with Crippen LogP contribution in [0, 0.1) is 5.92 Å². The lowest BCUT2D eigenvalue weighted by Crippen LogP contribution is -2.45. The Hall–Kier alpha value is -2.25. The molecule has 0 spiro atoms. The molecule has 138 valence electrons. The van der Waals surface area contributed by atoms with E-state index >= 15 is 0 Å². The molecule has 0 radical (unpaired) electrons. The van der Waals surface area contributed by atoms with E-state index in [4.69, 9.17) is 5.11 Å². The average Bonchev–Trinajstić information content (AvgIpc) is 2.58. The summed E-state index contributed by atoms with van der Waals surface area (Å²) in [6, 6.07) is 5.57. The van der Waals surface area contributed by atoms with Crippen LogP contribution in [-0.2, 0) is 6.54 Å². The normalized spacial score (nSPS) is 20.8. The van der Waals surface area contributed by atoms with Gasteiger partial charge in [-0.05, 0) is 43.4 Å². The number of amides is 2. The van der Waals surface area contributed by atoms with Crippen LogP contribution in [0.2, 0.25) is 0 Å². The van der Waals surface area contributed by atoms with Crippen LogP contribution >= 0.6 is 0 Å². The highest BCUT2D eigenvalue weighted by Crippen LogP contribution is 2.38. The molecular formula is C17H21F3N2O3. The Balaban J connectivity index is 1.81. The first-order chi connectivity index (χ1) is 11.7. The van der Waals surface area contributed by atoms with E-state index in [0.29, 0.717) is 12.8 Å². The molecule has 2 amide bonds. The van der Waals surface area contributed by atoms with Crippen molar-refractivity contribution in [1.29, 1.82) is 0 Å². The number of nitrogens with one attached hydrogen (secondary N) is 1. The minimum atomic E-state index is -4.16. The Kier molecular flexibility index (Phi) is 5.92. The Bertz CT molecular complexity index is 609. The first kappa shape index (κ1) is 19.1. The van der Waals surface area contributed by atoms with Gasteiger partial charge in [0.2, 0.25) is 0 Å². The van der Waals surface area contributed by atoms with Crippen LogP contribution < -0.4 is 5.32 Å². The van der Waals surface area contributed by atoms with Crippen molar-refractivity contribution < 1.29 is 27.9 Å². The minimum Gasteiger partial charge on any atom is -0.478 e. The molecule has 1 fully saturated rings. The Morgan fingerprint density at radius 1 is 1.16 bits per heavy atom. The largest absolute Gasteiger partial charge is 0.478 e. The van der Waals surface area contributed by atoms with Crippen molar-refractivity contribution in [2.24, 2.45) is 5.92 Å². The maximum Gasteiger partial charge on any atom is 0.391 e. The third-order valence-electron chi connectivity index (χ3n) is 4.67. The maximum absolute atomic E-state index is 12.7. The van der Waals surface area contributed by atoms with E-state index in [9.17, 15) is 22.8 Å². The third-order valence-corrected chi connectivity index (χ3v) is 4.67. The number of hydrogen-bond acceptors (Lipinski definition) is 2. The topological polar surface area (TPSA) is 69.6 Å². The fraction of sp³-hybridized carbons (Fsp3) is 0.529. The number of carbonyl (C=O) groups excluding carboxylic acids is 1. The van der Waals surface area contributed by atoms with Crippen LogP contribution in [0.1, 0.15) is 41.6 Å². The zero-order valence-corrected chi connectivity index (χ0v) is 13.8. The van der Waals surface area contributed by atoms with E-state index in [-0.39, 0.29) is 37.0 Å². The van der Waals surface area contributed by atoms with Crippen molar-refractivity contribution in [3.05, 3.63) is 35.4 Å². The molecule has 0 aliphatic heterocycles. The molecule has 0 unspecified atom stereocenters. The van der Waals surface area contributed by atoms with Crippen LogP contribution in [0.25, 0.3) is 0 Å². The summed E-state index contributed by atoms with van der Waals surface area (Å²) in [6.45, 7) is 0.223. The van der Waals surface area contributed by atoms with Crippen molar-refractivity contribution in [1.82, 2.24) is 10.2 Å². The van der Waals surface area contributed by atoms with Crippen LogP contribution in [-0.4, -0.2) is 41.3 Å². The first-order valence-electron chi connectivity index (χ1n) is 8.08. The van der Waals surface area contributed by atoms with Gasteiger partial charge < -0.3 is 15.3 Å². The lowest BCUT2D eigenvalue weighted by molar-refractivity contribution is -0.183. The molecule has 2 rings (SSSR count). The number of carboxylic acid groups (broad SMARTS) is 1. The first-order valence-corrected chi connectivity index (χ1v) is 8.08. The van der Waals surface area contributed by atoms with E-state index in [1.165, 1.54) is 17.0 Å². The Morgan fingerprint density at radius 2 is 1.72 bits per heavy atom. The number of alkyl halides is 3. The highest BCUT2D eigenvalue weighted by Gasteiger charge is 2.42. The molecule has 1 aromatic carbocycles. The zero-order valence-electron chi connectivity index (χ0n) is 13.8. The summed E-state index contributed by atoms with van der Waals surface area (Å²) in [5.41, 5.74) is 0.904. The van der Waals surface area contributed by atoms with Crippen molar-refractivity contribution in [2.75, 3.05) is 7.05 Å². The number of hydrogen-bond donors (Lipinski definition) is 2. The van der Waals surface area contributed by atoms with Gasteiger partial charge in [-0.25, -0.2) is 9.59 Å². The molecule has 1 aromatic rings. The second-order valence-electron chi connectivity index (χ2n) is 6.32. The Morgan fingerprint density at radius 3 is 2.20 bits per heavy atom. The molecule has 25 heavy (non-hydrogen) atoms. The number of carbonyl (C=O) groups is 2. The summed E-state index contributed by atoms with van der Waals surface area (Å²) < 4.78 is 38.1. The van der Waals surface area contributed by atoms with Crippen LogP contribution in [0.3, 0.4) is 0 Å². The van der Waals surface area contributed by atoms with Gasteiger partial charge in [-0.3, -0.25) is 0 Å². The van der Waals surface area contributed by atoms with Gasteiger partial charge in [0.1, 0.15) is 0 Å². The molecule has 5 nitrogen and oxygen atoms in total. The third kappa shape index (κ3) is 5.11. The molecule has 8 heteroatoms. The van der Waals surface area contributed by atoms with Crippen molar-refractivity contribution in [3.8, 4) is 0 Å². The van der Waals surface area contributed by atoms with Gasteiger partial charge >= 0.3 is 18.2 Å². The number of urea groups is 1. The quantitative estimate of drug-likeness (QED) is 0.863. The number of benzene rings is 1. The second-order valence-corrected chi connectivity index (χ2v) is 6.32. The molecule has 1 aliphatic rings. The van der Waals surface area contributed by atoms with Crippen molar-refractivity contribution in [3.63, 3.8) is 0 Å². The SMILES string of the molecule is CN(C(=O)NCc1ccc(C(=O)O)cc1)C1CCC(C(F)(F)F)CC1. The lowest BCUT2D eigenvalue weighted by Gasteiger charge is -2.35. The van der Waals surface area contributed by atoms with Crippen molar-refractivity contribution >= 4 is 12.0 Å². The molecular weight excluding hydrogens is 337 g/mol. The summed E-state index contributed by atoms with van der Waals surface area (Å²) in [4.78, 5) is 24.4. The summed E-state index contributed by atoms with van der Waals surface area (Å²) in [7, 11) is 1.58. The van der Waals surface area contributed by atoms with E-state index in [0.717, 1.165) is 5.56 Å². The van der Waals surface area contributed by atoms with Crippen LogP contribution in [0.4, 0.5) is 18.0 Å². The van der Waals surface area contributed by atoms with Gasteiger partial charge in [0, 0.05) is 19.6 Å². The van der Waals surface area contributed by atoms with Gasteiger partial charge in [-0.15, -0.1) is 0 Å². The van der Waals surface area contributed by atoms with Gasteiger partial charge in [-0.1, -0.05) is 12.1 Å². The second kappa shape index (κ2) is 7.76. The summed E-state index contributed by atoms with van der Waals surface area (Å²) in [5.74, 6) is -2.29. The van der Waals surface area contributed by atoms with E-state index in [2.05, 4.69) is 5.32 Å². The number of carboxylic acids is 1. The van der Waals surface area contributed by atoms with E-state index in [1.54, 1.807) is 19.2 Å². The van der Waals surface area contributed by atoms with E-state index in [1.807, 2.05) is 0 Å². The molecule has 2 N–H and O–H groups in total. The Labute approximate surface area is 143 Å². The van der Waals surface area contributed by atoms with E-state index < -0.39 is 18.1 Å². The summed E-state index contributed by atoms with van der Waals surface area (Å²) in [5, 5.41) is 11.5. The predicted molar refractivity (Wildman–Crippen MR) is 85.2 cm³/mol. The monoisotopic (exact) mass is 358 g/mol. The number of rotatable bonds is 4. The smallest absolute Gasteiger partial charge is 0.391 e.